The Balaban J connectivity index is 1.29. The van der Waals surface area contributed by atoms with Crippen molar-refractivity contribution in [2.45, 2.75) is 12.5 Å². The fourth-order valence-electron chi connectivity index (χ4n) is 4.87. The summed E-state index contributed by atoms with van der Waals surface area (Å²) in [6.45, 7) is 10.6. The molecule has 9 nitrogen and oxygen atoms in total. The largest absolute Gasteiger partial charge is 0.395 e. The van der Waals surface area contributed by atoms with Gasteiger partial charge in [0.25, 0.3) is 0 Å². The molecule has 1 atom stereocenters. The maximum Gasteiger partial charge on any atom is 0.229 e. The molecule has 1 unspecified atom stereocenters. The van der Waals surface area contributed by atoms with Gasteiger partial charge < -0.3 is 19.9 Å². The molecule has 10 heteroatoms. The van der Waals surface area contributed by atoms with E-state index in [2.05, 4.69) is 36.2 Å². The van der Waals surface area contributed by atoms with Crippen LogP contribution >= 0.6 is 0 Å². The van der Waals surface area contributed by atoms with Gasteiger partial charge in [-0.05, 0) is 24.6 Å². The second kappa shape index (κ2) is 10.0. The molecule has 2 N–H and O–H groups in total. The number of hydrogen-bond donors (Lipinski definition) is 2. The minimum Gasteiger partial charge on any atom is -0.395 e. The monoisotopic (exact) mass is 466 g/mol. The van der Waals surface area contributed by atoms with Crippen LogP contribution in [0.5, 0.6) is 0 Å². The van der Waals surface area contributed by atoms with Crippen LogP contribution in [0.15, 0.2) is 43.4 Å². The Morgan fingerprint density at radius 3 is 2.76 bits per heavy atom. The highest BCUT2D eigenvalue weighted by molar-refractivity contribution is 5.72. The number of anilines is 3. The van der Waals surface area contributed by atoms with Gasteiger partial charge in [0.15, 0.2) is 5.65 Å². The normalized spacial score (nSPS) is 19.7. The average Bonchev–Trinajstić information content (AvgIpc) is 3.47. The number of rotatable bonds is 8. The zero-order valence-electron chi connectivity index (χ0n) is 19.3. The van der Waals surface area contributed by atoms with Gasteiger partial charge in [0.1, 0.15) is 11.3 Å². The van der Waals surface area contributed by atoms with Gasteiger partial charge in [0, 0.05) is 58.0 Å². The molecule has 4 heterocycles. The van der Waals surface area contributed by atoms with E-state index in [9.17, 15) is 4.39 Å². The number of piperazine rings is 1. The van der Waals surface area contributed by atoms with Crippen molar-refractivity contribution >= 4 is 28.5 Å². The molecular weight excluding hydrogens is 435 g/mol. The molecule has 0 saturated carbocycles. The van der Waals surface area contributed by atoms with Gasteiger partial charge in [0.2, 0.25) is 5.95 Å². The van der Waals surface area contributed by atoms with Crippen molar-refractivity contribution in [1.82, 2.24) is 29.3 Å². The van der Waals surface area contributed by atoms with Crippen molar-refractivity contribution < 1.29 is 9.50 Å². The topological polar surface area (TPSA) is 85.6 Å². The van der Waals surface area contributed by atoms with Gasteiger partial charge in [0.05, 0.1) is 30.9 Å². The third-order valence-corrected chi connectivity index (χ3v) is 6.68. The lowest BCUT2D eigenvalue weighted by Gasteiger charge is -2.36. The van der Waals surface area contributed by atoms with E-state index in [1.807, 2.05) is 23.4 Å². The Hall–Kier alpha value is -3.08. The second-order valence-electron chi connectivity index (χ2n) is 8.89. The molecule has 2 aliphatic heterocycles. The number of likely N-dealkylation sites (tertiary alicyclic amines) is 1. The highest BCUT2D eigenvalue weighted by Gasteiger charge is 2.25. The summed E-state index contributed by atoms with van der Waals surface area (Å²) in [4.78, 5) is 20.1. The molecule has 180 valence electrons. The van der Waals surface area contributed by atoms with E-state index in [0.29, 0.717) is 29.9 Å². The van der Waals surface area contributed by atoms with Gasteiger partial charge in [-0.2, -0.15) is 4.98 Å². The number of hydrogen-bond acceptors (Lipinski definition) is 8. The zero-order chi connectivity index (χ0) is 23.5. The van der Waals surface area contributed by atoms with E-state index in [4.69, 9.17) is 10.1 Å². The molecule has 0 spiro atoms. The van der Waals surface area contributed by atoms with Gasteiger partial charge in [-0.15, -0.1) is 6.58 Å². The Bertz CT molecular complexity index is 1140. The smallest absolute Gasteiger partial charge is 0.229 e. The highest BCUT2D eigenvalue weighted by Crippen LogP contribution is 2.27. The van der Waals surface area contributed by atoms with Crippen molar-refractivity contribution in [2.75, 3.05) is 69.2 Å². The van der Waals surface area contributed by atoms with Crippen molar-refractivity contribution in [2.24, 2.45) is 0 Å². The lowest BCUT2D eigenvalue weighted by Crippen LogP contribution is -2.47. The van der Waals surface area contributed by atoms with Crippen LogP contribution in [-0.4, -0.2) is 93.4 Å². The first-order valence-corrected chi connectivity index (χ1v) is 11.8. The number of β-amino-alcohol motifs (C(OH)–C–C–N with tert-alkyl or cyclic N) is 1. The SMILES string of the molecule is C=CCN1CCC(n2cnc3cnc(Nc4ccc(N5CCN(CCO)CC5)c(F)c4)nc32)C1. The van der Waals surface area contributed by atoms with E-state index >= 15 is 0 Å². The van der Waals surface area contributed by atoms with Gasteiger partial charge >= 0.3 is 0 Å². The molecule has 5 rings (SSSR count). The van der Waals surface area contributed by atoms with Crippen molar-refractivity contribution in [3.8, 4) is 0 Å². The van der Waals surface area contributed by atoms with E-state index < -0.39 is 0 Å². The Morgan fingerprint density at radius 1 is 1.15 bits per heavy atom. The fourth-order valence-corrected chi connectivity index (χ4v) is 4.87. The van der Waals surface area contributed by atoms with Crippen molar-refractivity contribution in [3.63, 3.8) is 0 Å². The summed E-state index contributed by atoms with van der Waals surface area (Å²) in [6.07, 6.45) is 6.50. The summed E-state index contributed by atoms with van der Waals surface area (Å²) >= 11 is 0. The Labute approximate surface area is 198 Å². The number of imidazole rings is 1. The van der Waals surface area contributed by atoms with E-state index in [1.54, 1.807) is 12.3 Å². The third-order valence-electron chi connectivity index (χ3n) is 6.68. The van der Waals surface area contributed by atoms with Crippen molar-refractivity contribution in [3.05, 3.63) is 49.2 Å². The number of aromatic nitrogens is 4. The van der Waals surface area contributed by atoms with Crippen LogP contribution in [0.25, 0.3) is 11.2 Å². The number of fused-ring (bicyclic) bond motifs is 1. The highest BCUT2D eigenvalue weighted by atomic mass is 19.1. The first-order chi connectivity index (χ1) is 16.6. The maximum absolute atomic E-state index is 15.0. The zero-order valence-corrected chi connectivity index (χ0v) is 19.3. The van der Waals surface area contributed by atoms with Gasteiger partial charge in [-0.3, -0.25) is 9.80 Å². The van der Waals surface area contributed by atoms with E-state index in [0.717, 1.165) is 63.4 Å². The van der Waals surface area contributed by atoms with E-state index in [1.165, 1.54) is 6.07 Å². The minimum atomic E-state index is -0.278. The summed E-state index contributed by atoms with van der Waals surface area (Å²) in [5.41, 5.74) is 2.72. The lowest BCUT2D eigenvalue weighted by molar-refractivity contribution is 0.188. The molecule has 0 bridgehead atoms. The van der Waals surface area contributed by atoms with Gasteiger partial charge in [-0.1, -0.05) is 6.08 Å². The standard InChI is InChI=1S/C24H31FN8O/c1-2-6-31-7-5-19(16-31)33-17-27-21-15-26-24(29-23(21)33)28-18-3-4-22(20(25)14-18)32-10-8-30(9-11-32)12-13-34/h2-4,14-15,17,19,34H,1,5-13,16H2,(H,26,28,29). The van der Waals surface area contributed by atoms with E-state index in [-0.39, 0.29) is 12.4 Å². The predicted molar refractivity (Wildman–Crippen MR) is 131 cm³/mol. The number of benzene rings is 1. The summed E-state index contributed by atoms with van der Waals surface area (Å²) in [5, 5.41) is 12.2. The Kier molecular flexibility index (Phi) is 6.70. The van der Waals surface area contributed by atoms with Crippen molar-refractivity contribution in [1.29, 1.82) is 0 Å². The molecular formula is C24H31FN8O. The number of aliphatic hydroxyl groups is 1. The lowest BCUT2D eigenvalue weighted by atomic mass is 10.2. The van der Waals surface area contributed by atoms with Crippen LogP contribution in [0, 0.1) is 5.82 Å². The molecule has 0 radical (unpaired) electrons. The first kappa shape index (κ1) is 22.7. The molecule has 1 aromatic carbocycles. The minimum absolute atomic E-state index is 0.151. The number of nitrogens with zero attached hydrogens (tertiary/aromatic N) is 7. The number of halogens is 1. The molecule has 34 heavy (non-hydrogen) atoms. The third kappa shape index (κ3) is 4.75. The summed E-state index contributed by atoms with van der Waals surface area (Å²) in [7, 11) is 0. The number of nitrogens with one attached hydrogen (secondary N) is 1. The fraction of sp³-hybridized carbons (Fsp3) is 0.458. The summed E-state index contributed by atoms with van der Waals surface area (Å²) in [6, 6.07) is 5.45. The molecule has 2 aromatic heterocycles. The number of aliphatic hydroxyl groups excluding tert-OH is 1. The van der Waals surface area contributed by atoms with Crippen LogP contribution in [-0.2, 0) is 0 Å². The molecule has 0 amide bonds. The quantitative estimate of drug-likeness (QED) is 0.489. The Morgan fingerprint density at radius 2 is 2.00 bits per heavy atom. The molecule has 2 aliphatic rings. The predicted octanol–water partition coefficient (Wildman–Crippen LogP) is 2.26. The average molecular weight is 467 g/mol. The summed E-state index contributed by atoms with van der Waals surface area (Å²) < 4.78 is 17.1. The van der Waals surface area contributed by atoms with Crippen LogP contribution in [0.4, 0.5) is 21.7 Å². The molecule has 3 aromatic rings. The van der Waals surface area contributed by atoms with Gasteiger partial charge in [-0.25, -0.2) is 14.4 Å². The first-order valence-electron chi connectivity index (χ1n) is 11.8. The van der Waals surface area contributed by atoms with Crippen LogP contribution in [0.1, 0.15) is 12.5 Å². The van der Waals surface area contributed by atoms with Crippen LogP contribution in [0.3, 0.4) is 0 Å². The molecule has 2 saturated heterocycles. The second-order valence-corrected chi connectivity index (χ2v) is 8.89. The molecule has 0 aliphatic carbocycles. The summed E-state index contributed by atoms with van der Waals surface area (Å²) in [5.74, 6) is 0.139. The van der Waals surface area contributed by atoms with Crippen LogP contribution in [0.2, 0.25) is 0 Å². The maximum atomic E-state index is 15.0. The van der Waals surface area contributed by atoms with Crippen LogP contribution < -0.4 is 10.2 Å². The molecule has 2 fully saturated rings.